The SMILES string of the molecule is CCCCCCCCC[CH2][Co](=[O])[c]1cc[c]([Co](=[O])[c]2ccc(CO)cc2)cc1. The third-order valence-electron chi connectivity index (χ3n) is 4.54. The van der Waals surface area contributed by atoms with Gasteiger partial charge in [-0.1, -0.05) is 0 Å². The number of hydrogen-bond acceptors (Lipinski definition) is 3. The van der Waals surface area contributed by atoms with E-state index in [-0.39, 0.29) is 6.61 Å². The maximum absolute atomic E-state index is 12.7. The van der Waals surface area contributed by atoms with Crippen molar-refractivity contribution in [2.45, 2.75) is 70.3 Å². The van der Waals surface area contributed by atoms with Crippen molar-refractivity contribution in [2.75, 3.05) is 0 Å². The van der Waals surface area contributed by atoms with Crippen LogP contribution in [0.3, 0.4) is 0 Å². The van der Waals surface area contributed by atoms with Crippen LogP contribution >= 0.6 is 0 Å². The minimum absolute atomic E-state index is 0.0165. The molecule has 0 aliphatic heterocycles. The van der Waals surface area contributed by atoms with Crippen LogP contribution in [0.5, 0.6) is 0 Å². The summed E-state index contributed by atoms with van der Waals surface area (Å²) in [5.41, 5.74) is 0.806. The molecule has 0 unspecified atom stereocenters. The average molecular weight is 474 g/mol. The molecule has 2 rings (SSSR count). The van der Waals surface area contributed by atoms with Gasteiger partial charge in [0.05, 0.1) is 0 Å². The first-order valence-corrected chi connectivity index (χ1v) is 13.2. The van der Waals surface area contributed by atoms with E-state index in [9.17, 15) is 7.73 Å². The van der Waals surface area contributed by atoms with Gasteiger partial charge in [-0.25, -0.2) is 0 Å². The topological polar surface area (TPSA) is 54.4 Å². The van der Waals surface area contributed by atoms with E-state index in [4.69, 9.17) is 5.11 Å². The van der Waals surface area contributed by atoms with Crippen molar-refractivity contribution < 1.29 is 40.0 Å². The fourth-order valence-corrected chi connectivity index (χ4v) is 5.63. The van der Waals surface area contributed by atoms with Crippen LogP contribution in [0.25, 0.3) is 0 Å². The molecule has 0 amide bonds. The van der Waals surface area contributed by atoms with Crippen LogP contribution in [-0.4, -0.2) is 5.11 Å². The quantitative estimate of drug-likeness (QED) is 0.442. The molecule has 0 atom stereocenters. The zero-order chi connectivity index (χ0) is 20.2. The molecule has 3 nitrogen and oxygen atoms in total. The van der Waals surface area contributed by atoms with Crippen LogP contribution in [0.2, 0.25) is 5.36 Å². The van der Waals surface area contributed by atoms with Gasteiger partial charge in [-0.15, -0.1) is 0 Å². The van der Waals surface area contributed by atoms with Crippen LogP contribution in [0.1, 0.15) is 63.9 Å². The van der Waals surface area contributed by atoms with Gasteiger partial charge in [0.1, 0.15) is 0 Å². The zero-order valence-electron chi connectivity index (χ0n) is 16.6. The number of aliphatic hydroxyl groups excluding tert-OH is 1. The third-order valence-corrected chi connectivity index (χ3v) is 8.19. The van der Waals surface area contributed by atoms with Crippen LogP contribution < -0.4 is 13.5 Å². The molecule has 1 N–H and O–H groups in total. The Bertz CT molecular complexity index is 739. The number of unbranched alkanes of at least 4 members (excludes halogenated alkanes) is 7. The second-order valence-corrected chi connectivity index (χ2v) is 10.7. The molecular weight excluding hydrogens is 442 g/mol. The van der Waals surface area contributed by atoms with Gasteiger partial charge < -0.3 is 0 Å². The van der Waals surface area contributed by atoms with Gasteiger partial charge in [0.25, 0.3) is 0 Å². The summed E-state index contributed by atoms with van der Waals surface area (Å²) in [5, 5.41) is 9.83. The average Bonchev–Trinajstić information content (AvgIpc) is 2.75. The first-order valence-electron chi connectivity index (χ1n) is 10.0. The molecule has 0 aliphatic carbocycles. The summed E-state index contributed by atoms with van der Waals surface area (Å²) < 4.78 is 27.5. The van der Waals surface area contributed by atoms with Crippen molar-refractivity contribution in [3.05, 3.63) is 54.1 Å². The summed E-state index contributed by atoms with van der Waals surface area (Å²) in [6.45, 7) is 2.22. The molecule has 0 aromatic heterocycles. The number of benzene rings is 2. The van der Waals surface area contributed by atoms with Crippen LogP contribution in [-0.2, 0) is 41.5 Å². The first kappa shape index (κ1) is 23.3. The second-order valence-electron chi connectivity index (χ2n) is 6.79. The molecule has 0 saturated carbocycles. The molecule has 0 bridgehead atoms. The summed E-state index contributed by atoms with van der Waals surface area (Å²) in [6, 6.07) is 14.5. The molecule has 5 heteroatoms. The molecule has 0 spiro atoms. The predicted molar refractivity (Wildman–Crippen MR) is 106 cm³/mol. The van der Waals surface area contributed by atoms with Gasteiger partial charge in [0.15, 0.2) is 0 Å². The number of rotatable bonds is 13. The summed E-state index contributed by atoms with van der Waals surface area (Å²) in [7, 11) is 0. The van der Waals surface area contributed by atoms with E-state index < -0.39 is 27.2 Å². The van der Waals surface area contributed by atoms with Crippen LogP contribution in [0.4, 0.5) is 0 Å². The summed E-state index contributed by atoms with van der Waals surface area (Å²) >= 11 is -2.99. The van der Waals surface area contributed by atoms with Gasteiger partial charge in [0, 0.05) is 0 Å². The standard InChI is InChI=1S/C10H21.C7H7O.C6H4.2Co.2O/c1-3-5-7-9-10-8-6-4-2;8-6-7-4-2-1-3-5-7;1-2-4-6-5-3-1;;;;/h1,3-10H2,2H3;2-5,8H,6H2;1-2,5-6H;;;;. The van der Waals surface area contributed by atoms with E-state index in [1.54, 1.807) is 24.3 Å². The number of aliphatic hydroxyl groups is 1. The normalized spacial score (nSPS) is 12.1. The van der Waals surface area contributed by atoms with Gasteiger partial charge in [-0.05, 0) is 0 Å². The number of hydrogen-bond donors (Lipinski definition) is 1. The van der Waals surface area contributed by atoms with Crippen LogP contribution in [0.15, 0.2) is 48.5 Å². The van der Waals surface area contributed by atoms with Gasteiger partial charge >= 0.3 is 178 Å². The monoisotopic (exact) mass is 474 g/mol. The third kappa shape index (κ3) is 7.80. The van der Waals surface area contributed by atoms with E-state index >= 15 is 0 Å². The zero-order valence-corrected chi connectivity index (χ0v) is 18.7. The van der Waals surface area contributed by atoms with Crippen molar-refractivity contribution in [1.29, 1.82) is 0 Å². The Morgan fingerprint density at radius 1 is 0.679 bits per heavy atom. The molecule has 0 aliphatic rings. The molecule has 2 aromatic rings. The van der Waals surface area contributed by atoms with Gasteiger partial charge in [-0.3, -0.25) is 0 Å². The van der Waals surface area contributed by atoms with E-state index in [2.05, 4.69) is 6.92 Å². The second kappa shape index (κ2) is 13.3. The fraction of sp³-hybridized carbons (Fsp3) is 0.478. The van der Waals surface area contributed by atoms with Gasteiger partial charge in [0.2, 0.25) is 0 Å². The molecule has 28 heavy (non-hydrogen) atoms. The van der Waals surface area contributed by atoms with Crippen LogP contribution in [0, 0.1) is 0 Å². The first-order chi connectivity index (χ1) is 13.7. The molecule has 0 fully saturated rings. The Hall–Kier alpha value is -0.987. The molecule has 0 radical (unpaired) electrons. The van der Waals surface area contributed by atoms with E-state index in [1.165, 1.54) is 38.5 Å². The Morgan fingerprint density at radius 3 is 1.68 bits per heavy atom. The van der Waals surface area contributed by atoms with Crippen molar-refractivity contribution in [1.82, 2.24) is 0 Å². The molecule has 160 valence electrons. The Labute approximate surface area is 177 Å². The maximum atomic E-state index is 12.7. The molecule has 0 heterocycles. The predicted octanol–water partition coefficient (Wildman–Crippen LogP) is 4.24. The molecule has 2 aromatic carbocycles. The van der Waals surface area contributed by atoms with Crippen molar-refractivity contribution in [2.24, 2.45) is 0 Å². The van der Waals surface area contributed by atoms with E-state index in [1.807, 2.05) is 24.3 Å². The molecule has 0 saturated heterocycles. The summed E-state index contributed by atoms with van der Waals surface area (Å²) in [4.78, 5) is 0. The summed E-state index contributed by atoms with van der Waals surface area (Å²) in [6.07, 6.45) is 9.96. The van der Waals surface area contributed by atoms with E-state index in [0.717, 1.165) is 37.3 Å². The van der Waals surface area contributed by atoms with Crippen molar-refractivity contribution >= 4 is 13.5 Å². The Morgan fingerprint density at radius 2 is 1.14 bits per heavy atom. The Kier molecular flexibility index (Phi) is 11.0. The molecular formula is C23H32Co2O3. The summed E-state index contributed by atoms with van der Waals surface area (Å²) in [5.74, 6) is 0. The van der Waals surface area contributed by atoms with Crippen molar-refractivity contribution in [3.8, 4) is 0 Å². The fourth-order valence-electron chi connectivity index (χ4n) is 2.85. The minimum atomic E-state index is -1.64. The van der Waals surface area contributed by atoms with Gasteiger partial charge in [-0.2, -0.15) is 0 Å². The van der Waals surface area contributed by atoms with E-state index in [0.29, 0.717) is 0 Å². The Balaban J connectivity index is 1.77. The van der Waals surface area contributed by atoms with Crippen molar-refractivity contribution in [3.63, 3.8) is 0 Å².